The van der Waals surface area contributed by atoms with Gasteiger partial charge in [-0.05, 0) is 31.6 Å². The molecule has 6 heteroatoms. The van der Waals surface area contributed by atoms with E-state index in [1.54, 1.807) is 0 Å². The zero-order chi connectivity index (χ0) is 18.2. The summed E-state index contributed by atoms with van der Waals surface area (Å²) in [6.07, 6.45) is 9.17. The van der Waals surface area contributed by atoms with Gasteiger partial charge in [-0.25, -0.2) is 0 Å². The fourth-order valence-electron chi connectivity index (χ4n) is 3.73. The Kier molecular flexibility index (Phi) is 7.90. The van der Waals surface area contributed by atoms with E-state index in [1.807, 2.05) is 12.2 Å². The number of oxime groups is 1. The predicted octanol–water partition coefficient (Wildman–Crippen LogP) is 2.74. The van der Waals surface area contributed by atoms with Crippen LogP contribution >= 0.6 is 0 Å². The molecule has 2 saturated carbocycles. The van der Waals surface area contributed by atoms with Crippen molar-refractivity contribution in [3.8, 4) is 0 Å². The van der Waals surface area contributed by atoms with E-state index in [2.05, 4.69) is 12.1 Å². The molecule has 0 heterocycles. The Hall–Kier alpha value is -1.40. The highest BCUT2D eigenvalue weighted by molar-refractivity contribution is 5.93. The molecule has 0 saturated heterocycles. The largest absolute Gasteiger partial charge is 0.481 e. The molecule has 0 aromatic carbocycles. The Labute approximate surface area is 149 Å². The number of rotatable bonds is 11. The molecule has 5 atom stereocenters. The highest BCUT2D eigenvalue weighted by Crippen LogP contribution is 2.48. The number of aliphatic carboxylic acids is 1. The molecule has 0 aliphatic heterocycles. The van der Waals surface area contributed by atoms with Crippen LogP contribution in [-0.2, 0) is 9.63 Å². The zero-order valence-electron chi connectivity index (χ0n) is 15.0. The molecule has 142 valence electrons. The van der Waals surface area contributed by atoms with Crippen LogP contribution in [-0.4, -0.2) is 45.8 Å². The number of carboxylic acid groups (broad SMARTS) is 1. The fraction of sp³-hybridized carbons (Fsp3) is 0.789. The van der Waals surface area contributed by atoms with Crippen LogP contribution in [0.2, 0.25) is 0 Å². The molecule has 2 rings (SSSR count). The lowest BCUT2D eigenvalue weighted by Crippen LogP contribution is -2.38. The summed E-state index contributed by atoms with van der Waals surface area (Å²) in [7, 11) is 0. The lowest BCUT2D eigenvalue weighted by Gasteiger charge is -2.33. The number of carbonyl (C=O) groups is 1. The summed E-state index contributed by atoms with van der Waals surface area (Å²) in [5, 5.41) is 33.1. The average Bonchev–Trinajstić information content (AvgIpc) is 2.79. The molecule has 2 fully saturated rings. The van der Waals surface area contributed by atoms with E-state index in [0.29, 0.717) is 13.0 Å². The lowest BCUT2D eigenvalue weighted by molar-refractivity contribution is -0.137. The summed E-state index contributed by atoms with van der Waals surface area (Å²) < 4.78 is 0. The fourth-order valence-corrected chi connectivity index (χ4v) is 3.73. The third-order valence-corrected chi connectivity index (χ3v) is 5.29. The van der Waals surface area contributed by atoms with Crippen molar-refractivity contribution < 1.29 is 25.0 Å². The van der Waals surface area contributed by atoms with Crippen molar-refractivity contribution in [1.29, 1.82) is 0 Å². The van der Waals surface area contributed by atoms with Crippen LogP contribution in [0.4, 0.5) is 0 Å². The molecular formula is C19H31NO5. The third kappa shape index (κ3) is 5.82. The smallest absolute Gasteiger partial charge is 0.303 e. The van der Waals surface area contributed by atoms with Gasteiger partial charge in [-0.15, -0.1) is 0 Å². The van der Waals surface area contributed by atoms with Crippen molar-refractivity contribution in [1.82, 2.24) is 0 Å². The molecule has 0 bridgehead atoms. The molecule has 25 heavy (non-hydrogen) atoms. The molecule has 0 aromatic rings. The first kappa shape index (κ1) is 19.9. The van der Waals surface area contributed by atoms with Gasteiger partial charge in [0.05, 0.1) is 17.9 Å². The van der Waals surface area contributed by atoms with Gasteiger partial charge in [-0.2, -0.15) is 0 Å². The summed E-state index contributed by atoms with van der Waals surface area (Å²) in [6, 6.07) is 0. The highest BCUT2D eigenvalue weighted by Gasteiger charge is 2.51. The van der Waals surface area contributed by atoms with Crippen LogP contribution in [0, 0.1) is 17.8 Å². The SMILES string of the molecule is CCCCCC(O)C=CC1C[C@@H]2C(=NOCCCC(=O)O)C[C@H]2C1O. The second-order valence-electron chi connectivity index (χ2n) is 7.23. The van der Waals surface area contributed by atoms with Crippen molar-refractivity contribution in [3.05, 3.63) is 12.2 Å². The monoisotopic (exact) mass is 353 g/mol. The summed E-state index contributed by atoms with van der Waals surface area (Å²) in [5.41, 5.74) is 0.971. The Morgan fingerprint density at radius 3 is 2.92 bits per heavy atom. The molecule has 3 unspecified atom stereocenters. The van der Waals surface area contributed by atoms with Crippen molar-refractivity contribution in [2.45, 2.75) is 70.5 Å². The van der Waals surface area contributed by atoms with Gasteiger partial charge in [0.25, 0.3) is 0 Å². The van der Waals surface area contributed by atoms with Crippen molar-refractivity contribution in [2.75, 3.05) is 6.61 Å². The van der Waals surface area contributed by atoms with Gasteiger partial charge < -0.3 is 20.2 Å². The standard InChI is InChI=1S/C19H31NO5/c1-2-3-4-6-14(21)9-8-13-11-15-16(19(13)24)12-17(15)20-25-10-5-7-18(22)23/h8-9,13-16,19,21,24H,2-7,10-12H2,1H3,(H,22,23)/t13?,14?,15-,16+,19?/m0/s1. The van der Waals surface area contributed by atoms with Gasteiger partial charge in [0, 0.05) is 18.3 Å². The van der Waals surface area contributed by atoms with Crippen molar-refractivity contribution >= 4 is 11.7 Å². The van der Waals surface area contributed by atoms with Crippen LogP contribution in [0.15, 0.2) is 17.3 Å². The van der Waals surface area contributed by atoms with E-state index in [9.17, 15) is 15.0 Å². The van der Waals surface area contributed by atoms with E-state index >= 15 is 0 Å². The third-order valence-electron chi connectivity index (χ3n) is 5.29. The number of aliphatic hydroxyl groups is 2. The molecule has 6 nitrogen and oxygen atoms in total. The number of hydrogen-bond acceptors (Lipinski definition) is 5. The van der Waals surface area contributed by atoms with Gasteiger partial charge >= 0.3 is 5.97 Å². The molecule has 0 radical (unpaired) electrons. The lowest BCUT2D eigenvalue weighted by atomic mass is 9.73. The first-order valence-electron chi connectivity index (χ1n) is 9.47. The number of fused-ring (bicyclic) bond motifs is 1. The molecule has 2 aliphatic carbocycles. The quantitative estimate of drug-likeness (QED) is 0.301. The van der Waals surface area contributed by atoms with Crippen molar-refractivity contribution in [3.63, 3.8) is 0 Å². The van der Waals surface area contributed by atoms with E-state index in [-0.39, 0.29) is 30.3 Å². The number of carboxylic acids is 1. The van der Waals surface area contributed by atoms with Crippen LogP contribution in [0.5, 0.6) is 0 Å². The van der Waals surface area contributed by atoms with Crippen LogP contribution in [0.1, 0.15) is 58.3 Å². The Morgan fingerprint density at radius 1 is 1.40 bits per heavy atom. The predicted molar refractivity (Wildman–Crippen MR) is 95.3 cm³/mol. The van der Waals surface area contributed by atoms with Crippen LogP contribution in [0.25, 0.3) is 0 Å². The second kappa shape index (κ2) is 9.92. The van der Waals surface area contributed by atoms with Crippen LogP contribution in [0.3, 0.4) is 0 Å². The average molecular weight is 353 g/mol. The Balaban J connectivity index is 1.73. The molecular weight excluding hydrogens is 322 g/mol. The van der Waals surface area contributed by atoms with Gasteiger partial charge in [-0.1, -0.05) is 43.5 Å². The van der Waals surface area contributed by atoms with E-state index in [4.69, 9.17) is 9.94 Å². The first-order valence-corrected chi connectivity index (χ1v) is 9.47. The van der Waals surface area contributed by atoms with E-state index in [1.165, 1.54) is 0 Å². The minimum atomic E-state index is -0.828. The summed E-state index contributed by atoms with van der Waals surface area (Å²) in [5.74, 6) is -0.282. The molecule has 3 N–H and O–H groups in total. The highest BCUT2D eigenvalue weighted by atomic mass is 16.6. The van der Waals surface area contributed by atoms with Gasteiger partial charge in [0.15, 0.2) is 0 Å². The Morgan fingerprint density at radius 2 is 2.20 bits per heavy atom. The van der Waals surface area contributed by atoms with E-state index in [0.717, 1.165) is 44.2 Å². The number of aliphatic hydroxyl groups excluding tert-OH is 2. The topological polar surface area (TPSA) is 99.4 Å². The number of unbranched alkanes of at least 4 members (excludes halogenated alkanes) is 2. The Bertz CT molecular complexity index is 490. The minimum Gasteiger partial charge on any atom is -0.481 e. The minimum absolute atomic E-state index is 0.0653. The zero-order valence-corrected chi connectivity index (χ0v) is 15.0. The number of hydrogen-bond donors (Lipinski definition) is 3. The molecule has 0 spiro atoms. The first-order chi connectivity index (χ1) is 12.0. The maximum Gasteiger partial charge on any atom is 0.303 e. The normalized spacial score (nSPS) is 31.1. The maximum absolute atomic E-state index is 10.4. The molecule has 0 aromatic heterocycles. The van der Waals surface area contributed by atoms with E-state index < -0.39 is 12.1 Å². The number of nitrogens with zero attached hydrogens (tertiary/aromatic N) is 1. The summed E-state index contributed by atoms with van der Waals surface area (Å²) >= 11 is 0. The van der Waals surface area contributed by atoms with Crippen molar-refractivity contribution in [2.24, 2.45) is 22.9 Å². The van der Waals surface area contributed by atoms with Gasteiger partial charge in [0.2, 0.25) is 0 Å². The molecule has 0 amide bonds. The van der Waals surface area contributed by atoms with Crippen LogP contribution < -0.4 is 0 Å². The van der Waals surface area contributed by atoms with Gasteiger partial charge in [-0.3, -0.25) is 4.79 Å². The second-order valence-corrected chi connectivity index (χ2v) is 7.23. The maximum atomic E-state index is 10.4. The molecule has 2 aliphatic rings. The summed E-state index contributed by atoms with van der Waals surface area (Å²) in [6.45, 7) is 2.45. The summed E-state index contributed by atoms with van der Waals surface area (Å²) in [4.78, 5) is 15.6. The van der Waals surface area contributed by atoms with Gasteiger partial charge in [0.1, 0.15) is 6.61 Å².